The highest BCUT2D eigenvalue weighted by Gasteiger charge is 2.48. The number of hydrogen-bond acceptors (Lipinski definition) is 5. The van der Waals surface area contributed by atoms with Crippen LogP contribution in [0.2, 0.25) is 5.02 Å². The summed E-state index contributed by atoms with van der Waals surface area (Å²) >= 11 is 5.82. The fourth-order valence-corrected chi connectivity index (χ4v) is 5.09. The molecular formula is C14H18ClNO4S. The average Bonchev–Trinajstić information content (AvgIpc) is 2.91. The van der Waals surface area contributed by atoms with Crippen LogP contribution in [0.5, 0.6) is 0 Å². The van der Waals surface area contributed by atoms with Gasteiger partial charge in [0.05, 0.1) is 23.4 Å². The van der Waals surface area contributed by atoms with Crippen molar-refractivity contribution in [2.24, 2.45) is 5.73 Å². The van der Waals surface area contributed by atoms with Gasteiger partial charge in [-0.1, -0.05) is 11.6 Å². The summed E-state index contributed by atoms with van der Waals surface area (Å²) in [5.74, 6) is -0.778. The highest BCUT2D eigenvalue weighted by Crippen LogP contribution is 2.39. The second-order valence-corrected chi connectivity index (χ2v) is 8.15. The molecule has 1 spiro atoms. The number of ether oxygens (including phenoxy) is 2. The third-order valence-electron chi connectivity index (χ3n) is 4.20. The molecule has 2 unspecified atom stereocenters. The molecule has 0 amide bonds. The van der Waals surface area contributed by atoms with Gasteiger partial charge in [0.15, 0.2) is 15.6 Å². The summed E-state index contributed by atoms with van der Waals surface area (Å²) in [7, 11) is -3.54. The monoisotopic (exact) mass is 331 g/mol. The Morgan fingerprint density at radius 2 is 1.81 bits per heavy atom. The first-order valence-corrected chi connectivity index (χ1v) is 8.88. The molecule has 1 aliphatic heterocycles. The van der Waals surface area contributed by atoms with Gasteiger partial charge in [0.1, 0.15) is 0 Å². The number of nitrogens with two attached hydrogens (primary N) is 1. The summed E-state index contributed by atoms with van der Waals surface area (Å²) in [6, 6.07) is 5.76. The van der Waals surface area contributed by atoms with Crippen LogP contribution in [0.4, 0.5) is 0 Å². The second kappa shape index (κ2) is 5.52. The third kappa shape index (κ3) is 2.83. The Hall–Kier alpha value is -0.660. The van der Waals surface area contributed by atoms with Crippen molar-refractivity contribution in [3.63, 3.8) is 0 Å². The van der Waals surface area contributed by atoms with Crippen molar-refractivity contribution in [2.45, 2.75) is 41.2 Å². The molecule has 1 saturated heterocycles. The van der Waals surface area contributed by atoms with Crippen molar-refractivity contribution in [1.82, 2.24) is 0 Å². The molecule has 1 saturated carbocycles. The zero-order valence-corrected chi connectivity index (χ0v) is 13.1. The van der Waals surface area contributed by atoms with Crippen LogP contribution in [-0.4, -0.2) is 38.7 Å². The first-order valence-electron chi connectivity index (χ1n) is 6.96. The van der Waals surface area contributed by atoms with Crippen molar-refractivity contribution < 1.29 is 17.9 Å². The first-order chi connectivity index (χ1) is 9.93. The zero-order chi connectivity index (χ0) is 15.1. The summed E-state index contributed by atoms with van der Waals surface area (Å²) in [4.78, 5) is 0.238. The van der Waals surface area contributed by atoms with E-state index in [-0.39, 0.29) is 11.3 Å². The van der Waals surface area contributed by atoms with Crippen LogP contribution in [0.3, 0.4) is 0 Å². The van der Waals surface area contributed by atoms with Crippen LogP contribution < -0.4 is 5.73 Å². The van der Waals surface area contributed by atoms with Crippen molar-refractivity contribution in [2.75, 3.05) is 13.2 Å². The van der Waals surface area contributed by atoms with E-state index in [0.29, 0.717) is 31.1 Å². The van der Waals surface area contributed by atoms with Gasteiger partial charge in [-0.2, -0.15) is 0 Å². The molecule has 3 rings (SSSR count). The molecule has 2 aliphatic rings. The Balaban J connectivity index is 1.91. The van der Waals surface area contributed by atoms with Crippen LogP contribution in [0.15, 0.2) is 29.2 Å². The van der Waals surface area contributed by atoms with Gasteiger partial charge in [-0.25, -0.2) is 8.42 Å². The lowest BCUT2D eigenvalue weighted by Gasteiger charge is -2.39. The van der Waals surface area contributed by atoms with Gasteiger partial charge in [-0.05, 0) is 30.7 Å². The van der Waals surface area contributed by atoms with Gasteiger partial charge < -0.3 is 15.2 Å². The zero-order valence-electron chi connectivity index (χ0n) is 11.5. The van der Waals surface area contributed by atoms with E-state index in [1.165, 1.54) is 12.1 Å². The number of hydrogen-bond donors (Lipinski definition) is 1. The lowest BCUT2D eigenvalue weighted by molar-refractivity contribution is -0.177. The van der Waals surface area contributed by atoms with E-state index in [1.54, 1.807) is 12.1 Å². The molecule has 1 aromatic carbocycles. The minimum Gasteiger partial charge on any atom is -0.347 e. The van der Waals surface area contributed by atoms with Crippen molar-refractivity contribution in [3.8, 4) is 0 Å². The fourth-order valence-electron chi connectivity index (χ4n) is 3.03. The van der Waals surface area contributed by atoms with Crippen molar-refractivity contribution >= 4 is 21.4 Å². The molecule has 5 nitrogen and oxygen atoms in total. The van der Waals surface area contributed by atoms with E-state index in [9.17, 15) is 8.42 Å². The van der Waals surface area contributed by atoms with Crippen LogP contribution in [0.25, 0.3) is 0 Å². The lowest BCUT2D eigenvalue weighted by atomic mass is 9.90. The van der Waals surface area contributed by atoms with E-state index in [0.717, 1.165) is 0 Å². The van der Waals surface area contributed by atoms with Crippen LogP contribution in [0.1, 0.15) is 19.3 Å². The van der Waals surface area contributed by atoms with Crippen molar-refractivity contribution in [1.29, 1.82) is 0 Å². The number of rotatable bonds is 2. The fraction of sp³-hybridized carbons (Fsp3) is 0.571. The minimum absolute atomic E-state index is 0.238. The van der Waals surface area contributed by atoms with Gasteiger partial charge in [-0.15, -0.1) is 0 Å². The van der Waals surface area contributed by atoms with Gasteiger partial charge in [-0.3, -0.25) is 0 Å². The molecule has 1 heterocycles. The molecule has 7 heteroatoms. The van der Waals surface area contributed by atoms with Crippen molar-refractivity contribution in [3.05, 3.63) is 29.3 Å². The molecule has 1 aliphatic carbocycles. The number of sulfone groups is 1. The molecular weight excluding hydrogens is 314 g/mol. The van der Waals surface area contributed by atoms with Gasteiger partial charge in [0.25, 0.3) is 0 Å². The summed E-state index contributed by atoms with van der Waals surface area (Å²) in [5.41, 5.74) is 6.07. The predicted molar refractivity (Wildman–Crippen MR) is 78.9 cm³/mol. The smallest absolute Gasteiger partial charge is 0.182 e. The summed E-state index contributed by atoms with van der Waals surface area (Å²) < 4.78 is 36.9. The molecule has 116 valence electrons. The molecule has 1 aromatic rings. The Morgan fingerprint density at radius 3 is 2.43 bits per heavy atom. The second-order valence-electron chi connectivity index (χ2n) is 5.55. The Labute approximate surface area is 129 Å². The normalized spacial score (nSPS) is 28.9. The third-order valence-corrected chi connectivity index (χ3v) is 6.70. The quantitative estimate of drug-likeness (QED) is 0.893. The van der Waals surface area contributed by atoms with Gasteiger partial charge >= 0.3 is 0 Å². The Kier molecular flexibility index (Phi) is 4.00. The van der Waals surface area contributed by atoms with E-state index in [2.05, 4.69) is 0 Å². The molecule has 0 aromatic heterocycles. The van der Waals surface area contributed by atoms with Gasteiger partial charge in [0, 0.05) is 23.9 Å². The molecule has 0 bridgehead atoms. The maximum atomic E-state index is 12.8. The Morgan fingerprint density at radius 1 is 1.19 bits per heavy atom. The van der Waals surface area contributed by atoms with E-state index in [1.807, 2.05) is 0 Å². The molecule has 21 heavy (non-hydrogen) atoms. The van der Waals surface area contributed by atoms with Crippen LogP contribution in [-0.2, 0) is 19.3 Å². The average molecular weight is 332 g/mol. The van der Waals surface area contributed by atoms with E-state index < -0.39 is 26.9 Å². The minimum atomic E-state index is -3.54. The number of benzene rings is 1. The first kappa shape index (κ1) is 15.2. The largest absolute Gasteiger partial charge is 0.347 e. The molecule has 0 radical (unpaired) electrons. The highest BCUT2D eigenvalue weighted by atomic mass is 35.5. The standard InChI is InChI=1S/C14H18ClNO4S/c15-10-1-3-11(4-2-10)21(17,18)13-9-14(6-5-12(13)16)19-7-8-20-14/h1-4,12-13H,5-9,16H2. The molecule has 2 N–H and O–H groups in total. The topological polar surface area (TPSA) is 78.6 Å². The van der Waals surface area contributed by atoms with E-state index >= 15 is 0 Å². The molecule has 2 fully saturated rings. The summed E-state index contributed by atoms with van der Waals surface area (Å²) in [6.07, 6.45) is 1.48. The predicted octanol–water partition coefficient (Wildman–Crippen LogP) is 1.74. The molecule has 2 atom stereocenters. The highest BCUT2D eigenvalue weighted by molar-refractivity contribution is 7.92. The summed E-state index contributed by atoms with van der Waals surface area (Å²) in [6.45, 7) is 1.01. The van der Waals surface area contributed by atoms with Gasteiger partial charge in [0.2, 0.25) is 0 Å². The maximum absolute atomic E-state index is 12.8. The summed E-state index contributed by atoms with van der Waals surface area (Å²) in [5, 5.41) is -0.202. The SMILES string of the molecule is NC1CCC2(CC1S(=O)(=O)c1ccc(Cl)cc1)OCCO2. The lowest BCUT2D eigenvalue weighted by Crippen LogP contribution is -2.52. The maximum Gasteiger partial charge on any atom is 0.182 e. The van der Waals surface area contributed by atoms with E-state index in [4.69, 9.17) is 26.8 Å². The Bertz CT molecular complexity index is 610. The van der Waals surface area contributed by atoms with Crippen LogP contribution >= 0.6 is 11.6 Å². The number of halogens is 1. The van der Waals surface area contributed by atoms with Crippen LogP contribution in [0, 0.1) is 0 Å².